The van der Waals surface area contributed by atoms with Gasteiger partial charge in [0.25, 0.3) is 0 Å². The first-order valence-electron chi connectivity index (χ1n) is 5.84. The highest BCUT2D eigenvalue weighted by molar-refractivity contribution is 6.30. The molecule has 0 atom stereocenters. The SMILES string of the molecule is COCC(=O)Nc1ccccc1-c1ccc(Cl)cc1. The number of rotatable bonds is 4. The third-order valence-corrected chi connectivity index (χ3v) is 2.88. The van der Waals surface area contributed by atoms with E-state index in [2.05, 4.69) is 5.32 Å². The fraction of sp³-hybridized carbons (Fsp3) is 0.133. The third-order valence-electron chi connectivity index (χ3n) is 2.63. The molecule has 98 valence electrons. The number of ether oxygens (including phenoxy) is 1. The van der Waals surface area contributed by atoms with Crippen LogP contribution in [0, 0.1) is 0 Å². The molecule has 0 aliphatic carbocycles. The Kier molecular flexibility index (Phi) is 4.55. The zero-order valence-corrected chi connectivity index (χ0v) is 11.3. The van der Waals surface area contributed by atoms with E-state index in [-0.39, 0.29) is 12.5 Å². The van der Waals surface area contributed by atoms with Crippen LogP contribution < -0.4 is 5.32 Å². The molecule has 0 spiro atoms. The molecule has 2 aromatic carbocycles. The average molecular weight is 276 g/mol. The van der Waals surface area contributed by atoms with Gasteiger partial charge in [-0.15, -0.1) is 0 Å². The smallest absolute Gasteiger partial charge is 0.250 e. The largest absolute Gasteiger partial charge is 0.375 e. The van der Waals surface area contributed by atoms with Gasteiger partial charge < -0.3 is 10.1 Å². The summed E-state index contributed by atoms with van der Waals surface area (Å²) in [6, 6.07) is 15.1. The molecule has 0 saturated carbocycles. The van der Waals surface area contributed by atoms with Crippen molar-refractivity contribution >= 4 is 23.2 Å². The van der Waals surface area contributed by atoms with Crippen molar-refractivity contribution in [3.8, 4) is 11.1 Å². The van der Waals surface area contributed by atoms with Crippen LogP contribution >= 0.6 is 11.6 Å². The van der Waals surface area contributed by atoms with Crippen LogP contribution in [-0.2, 0) is 9.53 Å². The Labute approximate surface area is 117 Å². The van der Waals surface area contributed by atoms with E-state index in [1.54, 1.807) is 0 Å². The Morgan fingerprint density at radius 2 is 1.84 bits per heavy atom. The lowest BCUT2D eigenvalue weighted by molar-refractivity contribution is -0.119. The second-order valence-corrected chi connectivity index (χ2v) is 4.47. The highest BCUT2D eigenvalue weighted by atomic mass is 35.5. The van der Waals surface area contributed by atoms with Gasteiger partial charge in [0.1, 0.15) is 6.61 Å². The van der Waals surface area contributed by atoms with Gasteiger partial charge in [0.15, 0.2) is 0 Å². The van der Waals surface area contributed by atoms with Crippen molar-refractivity contribution in [1.82, 2.24) is 0 Å². The molecule has 0 bridgehead atoms. The molecule has 3 nitrogen and oxygen atoms in total. The third kappa shape index (κ3) is 3.56. The van der Waals surface area contributed by atoms with Crippen molar-refractivity contribution in [2.45, 2.75) is 0 Å². The second kappa shape index (κ2) is 6.36. The molecule has 1 N–H and O–H groups in total. The predicted octanol–water partition coefficient (Wildman–Crippen LogP) is 3.59. The summed E-state index contributed by atoms with van der Waals surface area (Å²) in [7, 11) is 1.49. The molecule has 0 heterocycles. The summed E-state index contributed by atoms with van der Waals surface area (Å²) in [6.45, 7) is 0.0367. The lowest BCUT2D eigenvalue weighted by atomic mass is 10.0. The first-order chi connectivity index (χ1) is 9.20. The number of hydrogen-bond acceptors (Lipinski definition) is 2. The summed E-state index contributed by atoms with van der Waals surface area (Å²) in [5.74, 6) is -0.177. The van der Waals surface area contributed by atoms with Crippen LogP contribution in [0.4, 0.5) is 5.69 Å². The average Bonchev–Trinajstić information content (AvgIpc) is 2.41. The Hall–Kier alpha value is -1.84. The van der Waals surface area contributed by atoms with Crippen LogP contribution in [0.2, 0.25) is 5.02 Å². The summed E-state index contributed by atoms with van der Waals surface area (Å²) >= 11 is 5.88. The topological polar surface area (TPSA) is 38.3 Å². The molecule has 4 heteroatoms. The Morgan fingerprint density at radius 1 is 1.16 bits per heavy atom. The second-order valence-electron chi connectivity index (χ2n) is 4.03. The fourth-order valence-electron chi connectivity index (χ4n) is 1.79. The molecule has 2 aromatic rings. The number of nitrogens with one attached hydrogen (secondary N) is 1. The van der Waals surface area contributed by atoms with Crippen LogP contribution in [-0.4, -0.2) is 19.6 Å². The van der Waals surface area contributed by atoms with Crippen LogP contribution in [0.1, 0.15) is 0 Å². The van der Waals surface area contributed by atoms with Gasteiger partial charge in [0, 0.05) is 23.4 Å². The van der Waals surface area contributed by atoms with Gasteiger partial charge in [0.2, 0.25) is 5.91 Å². The maximum absolute atomic E-state index is 11.6. The lowest BCUT2D eigenvalue weighted by Gasteiger charge is -2.11. The molecule has 0 aliphatic heterocycles. The van der Waals surface area contributed by atoms with Gasteiger partial charge in [-0.1, -0.05) is 41.9 Å². The molecule has 2 rings (SSSR count). The number of para-hydroxylation sites is 1. The zero-order chi connectivity index (χ0) is 13.7. The van der Waals surface area contributed by atoms with E-state index in [0.29, 0.717) is 5.02 Å². The van der Waals surface area contributed by atoms with E-state index in [9.17, 15) is 4.79 Å². The van der Waals surface area contributed by atoms with Crippen molar-refractivity contribution in [2.75, 3.05) is 19.0 Å². The van der Waals surface area contributed by atoms with Gasteiger partial charge in [0.05, 0.1) is 0 Å². The Morgan fingerprint density at radius 3 is 2.53 bits per heavy atom. The van der Waals surface area contributed by atoms with Gasteiger partial charge in [-0.2, -0.15) is 0 Å². The number of benzene rings is 2. The van der Waals surface area contributed by atoms with Crippen molar-refractivity contribution in [2.24, 2.45) is 0 Å². The van der Waals surface area contributed by atoms with E-state index >= 15 is 0 Å². The maximum Gasteiger partial charge on any atom is 0.250 e. The highest BCUT2D eigenvalue weighted by Crippen LogP contribution is 2.28. The summed E-state index contributed by atoms with van der Waals surface area (Å²) in [5, 5.41) is 3.51. The van der Waals surface area contributed by atoms with E-state index < -0.39 is 0 Å². The van der Waals surface area contributed by atoms with Crippen LogP contribution in [0.3, 0.4) is 0 Å². The number of anilines is 1. The summed E-state index contributed by atoms with van der Waals surface area (Å²) in [4.78, 5) is 11.6. The molecular formula is C15H14ClNO2. The number of carbonyl (C=O) groups is 1. The Bertz CT molecular complexity index is 567. The molecule has 19 heavy (non-hydrogen) atoms. The van der Waals surface area contributed by atoms with Crippen molar-refractivity contribution < 1.29 is 9.53 Å². The molecule has 0 radical (unpaired) electrons. The maximum atomic E-state index is 11.6. The number of amides is 1. The molecule has 0 aliphatic rings. The van der Waals surface area contributed by atoms with Crippen molar-refractivity contribution in [3.05, 3.63) is 53.6 Å². The van der Waals surface area contributed by atoms with Gasteiger partial charge in [-0.25, -0.2) is 0 Å². The van der Waals surface area contributed by atoms with Crippen LogP contribution in [0.15, 0.2) is 48.5 Å². The minimum Gasteiger partial charge on any atom is -0.375 e. The lowest BCUT2D eigenvalue weighted by Crippen LogP contribution is -2.17. The standard InChI is InChI=1S/C15H14ClNO2/c1-19-10-15(18)17-14-5-3-2-4-13(14)11-6-8-12(16)9-7-11/h2-9H,10H2,1H3,(H,17,18). The predicted molar refractivity (Wildman–Crippen MR) is 77.4 cm³/mol. The van der Waals surface area contributed by atoms with E-state index in [1.807, 2.05) is 48.5 Å². The highest BCUT2D eigenvalue weighted by Gasteiger charge is 2.07. The van der Waals surface area contributed by atoms with Crippen molar-refractivity contribution in [1.29, 1.82) is 0 Å². The first kappa shape index (κ1) is 13.6. The molecule has 0 aromatic heterocycles. The number of methoxy groups -OCH3 is 1. The number of hydrogen-bond donors (Lipinski definition) is 1. The summed E-state index contributed by atoms with van der Waals surface area (Å²) in [6.07, 6.45) is 0. The normalized spacial score (nSPS) is 10.2. The van der Waals surface area contributed by atoms with Gasteiger partial charge in [-0.3, -0.25) is 4.79 Å². The molecule has 1 amide bonds. The van der Waals surface area contributed by atoms with Gasteiger partial charge >= 0.3 is 0 Å². The minimum absolute atomic E-state index is 0.0367. The summed E-state index contributed by atoms with van der Waals surface area (Å²) < 4.78 is 4.81. The zero-order valence-electron chi connectivity index (χ0n) is 10.5. The molecule has 0 fully saturated rings. The quantitative estimate of drug-likeness (QED) is 0.926. The van der Waals surface area contributed by atoms with E-state index in [1.165, 1.54) is 7.11 Å². The first-order valence-corrected chi connectivity index (χ1v) is 6.22. The fourth-order valence-corrected chi connectivity index (χ4v) is 1.92. The number of halogens is 1. The van der Waals surface area contributed by atoms with Crippen LogP contribution in [0.25, 0.3) is 11.1 Å². The minimum atomic E-state index is -0.177. The molecule has 0 unspecified atom stereocenters. The summed E-state index contributed by atoms with van der Waals surface area (Å²) in [5.41, 5.74) is 2.70. The van der Waals surface area contributed by atoms with Gasteiger partial charge in [-0.05, 0) is 23.8 Å². The number of carbonyl (C=O) groups excluding carboxylic acids is 1. The molecular weight excluding hydrogens is 262 g/mol. The van der Waals surface area contributed by atoms with E-state index in [4.69, 9.17) is 16.3 Å². The van der Waals surface area contributed by atoms with E-state index in [0.717, 1.165) is 16.8 Å². The van der Waals surface area contributed by atoms with Crippen LogP contribution in [0.5, 0.6) is 0 Å². The van der Waals surface area contributed by atoms with Crippen molar-refractivity contribution in [3.63, 3.8) is 0 Å². The molecule has 0 saturated heterocycles. The Balaban J connectivity index is 2.30. The monoisotopic (exact) mass is 275 g/mol.